The van der Waals surface area contributed by atoms with Gasteiger partial charge in [0.2, 0.25) is 0 Å². The Morgan fingerprint density at radius 1 is 0.969 bits per heavy atom. The second-order valence-electron chi connectivity index (χ2n) is 10.0. The molecule has 0 heterocycles. The lowest BCUT2D eigenvalue weighted by Gasteiger charge is -2.26. The van der Waals surface area contributed by atoms with E-state index >= 15 is 0 Å². The van der Waals surface area contributed by atoms with Gasteiger partial charge in [-0.3, -0.25) is 0 Å². The van der Waals surface area contributed by atoms with Gasteiger partial charge in [-0.05, 0) is 106 Å². The Bertz CT molecular complexity index is 780. The van der Waals surface area contributed by atoms with Gasteiger partial charge in [-0.1, -0.05) is 56.2 Å². The zero-order valence-corrected chi connectivity index (χ0v) is 20.1. The minimum absolute atomic E-state index is 0.468. The molecule has 0 saturated heterocycles. The Labute approximate surface area is 194 Å². The fourth-order valence-corrected chi connectivity index (χ4v) is 5.58. The molecule has 1 atom stereocenters. The first-order chi connectivity index (χ1) is 15.6. The molecule has 2 aliphatic carbocycles. The fraction of sp³-hybridized carbons (Fsp3) is 0.600. The molecule has 0 aromatic heterocycles. The number of halogens is 2. The SMILES string of the molecule is C=CCCCC1CC=C(c2ccc(CCC=CC3CCC(CCC)CC3)c(F)c2F)CC1. The van der Waals surface area contributed by atoms with E-state index in [9.17, 15) is 8.78 Å². The van der Waals surface area contributed by atoms with E-state index in [1.165, 1.54) is 51.4 Å². The van der Waals surface area contributed by atoms with Crippen LogP contribution < -0.4 is 0 Å². The molecule has 1 saturated carbocycles. The van der Waals surface area contributed by atoms with Crippen LogP contribution in [0.15, 0.2) is 43.0 Å². The maximum absolute atomic E-state index is 14.8. The van der Waals surface area contributed by atoms with Crippen LogP contribution in [-0.4, -0.2) is 0 Å². The number of unbranched alkanes of at least 4 members (excludes halogenated alkanes) is 1. The lowest BCUT2D eigenvalue weighted by atomic mass is 9.80. The monoisotopic (exact) mass is 440 g/mol. The lowest BCUT2D eigenvalue weighted by molar-refractivity contribution is 0.294. The zero-order valence-electron chi connectivity index (χ0n) is 20.1. The van der Waals surface area contributed by atoms with Crippen LogP contribution in [0.25, 0.3) is 5.57 Å². The van der Waals surface area contributed by atoms with Crippen molar-refractivity contribution in [3.05, 3.63) is 65.8 Å². The predicted molar refractivity (Wildman–Crippen MR) is 134 cm³/mol. The van der Waals surface area contributed by atoms with E-state index in [0.717, 1.165) is 43.6 Å². The number of benzene rings is 1. The van der Waals surface area contributed by atoms with Crippen molar-refractivity contribution in [1.29, 1.82) is 0 Å². The van der Waals surface area contributed by atoms with Crippen molar-refractivity contribution < 1.29 is 8.78 Å². The second-order valence-corrected chi connectivity index (χ2v) is 10.0. The molecule has 0 bridgehead atoms. The highest BCUT2D eigenvalue weighted by molar-refractivity contribution is 5.67. The third-order valence-electron chi connectivity index (χ3n) is 7.63. The molecule has 2 aliphatic rings. The Morgan fingerprint density at radius 2 is 1.78 bits per heavy atom. The van der Waals surface area contributed by atoms with E-state index in [-0.39, 0.29) is 0 Å². The largest absolute Gasteiger partial charge is 0.203 e. The van der Waals surface area contributed by atoms with E-state index < -0.39 is 11.6 Å². The van der Waals surface area contributed by atoms with Gasteiger partial charge in [-0.15, -0.1) is 6.58 Å². The number of rotatable bonds is 11. The molecule has 0 radical (unpaired) electrons. The van der Waals surface area contributed by atoms with E-state index in [1.54, 1.807) is 12.1 Å². The van der Waals surface area contributed by atoms with Crippen molar-refractivity contribution >= 4 is 5.57 Å². The molecule has 0 aliphatic heterocycles. The van der Waals surface area contributed by atoms with Crippen molar-refractivity contribution in [2.24, 2.45) is 17.8 Å². The smallest absolute Gasteiger partial charge is 0.166 e. The molecule has 1 aromatic carbocycles. The van der Waals surface area contributed by atoms with Crippen molar-refractivity contribution in [1.82, 2.24) is 0 Å². The summed E-state index contributed by atoms with van der Waals surface area (Å²) in [6.45, 7) is 6.05. The van der Waals surface area contributed by atoms with E-state index in [1.807, 2.05) is 6.08 Å². The van der Waals surface area contributed by atoms with Crippen LogP contribution in [0.5, 0.6) is 0 Å². The van der Waals surface area contributed by atoms with Gasteiger partial charge in [0, 0.05) is 5.56 Å². The zero-order chi connectivity index (χ0) is 22.8. The molecule has 0 spiro atoms. The van der Waals surface area contributed by atoms with Crippen molar-refractivity contribution in [3.8, 4) is 0 Å². The third-order valence-corrected chi connectivity index (χ3v) is 7.63. The van der Waals surface area contributed by atoms with E-state index in [0.29, 0.717) is 29.4 Å². The van der Waals surface area contributed by atoms with Crippen LogP contribution in [0.4, 0.5) is 8.78 Å². The molecule has 176 valence electrons. The molecule has 32 heavy (non-hydrogen) atoms. The summed E-state index contributed by atoms with van der Waals surface area (Å²) >= 11 is 0. The first kappa shape index (κ1) is 24.9. The summed E-state index contributed by atoms with van der Waals surface area (Å²) in [4.78, 5) is 0. The lowest BCUT2D eigenvalue weighted by Crippen LogP contribution is -2.12. The molecule has 1 unspecified atom stereocenters. The van der Waals surface area contributed by atoms with Crippen LogP contribution in [-0.2, 0) is 6.42 Å². The maximum Gasteiger partial charge on any atom is 0.166 e. The summed E-state index contributed by atoms with van der Waals surface area (Å²) in [6, 6.07) is 3.60. The predicted octanol–water partition coefficient (Wildman–Crippen LogP) is 9.60. The Morgan fingerprint density at radius 3 is 2.47 bits per heavy atom. The summed E-state index contributed by atoms with van der Waals surface area (Å²) in [5, 5.41) is 0. The molecule has 1 fully saturated rings. The molecular formula is C30H42F2. The molecule has 2 heteroatoms. The first-order valence-electron chi connectivity index (χ1n) is 13.1. The van der Waals surface area contributed by atoms with Crippen LogP contribution in [0, 0.1) is 29.4 Å². The van der Waals surface area contributed by atoms with Gasteiger partial charge in [0.25, 0.3) is 0 Å². The Kier molecular flexibility index (Phi) is 10.2. The topological polar surface area (TPSA) is 0 Å². The summed E-state index contributed by atoms with van der Waals surface area (Å²) in [7, 11) is 0. The fourth-order valence-electron chi connectivity index (χ4n) is 5.58. The molecule has 3 rings (SSSR count). The molecule has 0 N–H and O–H groups in total. The van der Waals surface area contributed by atoms with Crippen LogP contribution in [0.3, 0.4) is 0 Å². The summed E-state index contributed by atoms with van der Waals surface area (Å²) in [6.07, 6.45) is 24.2. The number of hydrogen-bond donors (Lipinski definition) is 0. The quantitative estimate of drug-likeness (QED) is 0.237. The van der Waals surface area contributed by atoms with Crippen molar-refractivity contribution in [2.75, 3.05) is 0 Å². The molecule has 0 nitrogen and oxygen atoms in total. The minimum atomic E-state index is -0.655. The summed E-state index contributed by atoms with van der Waals surface area (Å²) in [5.41, 5.74) is 1.95. The highest BCUT2D eigenvalue weighted by atomic mass is 19.2. The van der Waals surface area contributed by atoms with Crippen LogP contribution in [0.2, 0.25) is 0 Å². The highest BCUT2D eigenvalue weighted by Gasteiger charge is 2.21. The average molecular weight is 441 g/mol. The number of aryl methyl sites for hydroxylation is 1. The number of allylic oxidation sites excluding steroid dienone is 5. The van der Waals surface area contributed by atoms with Gasteiger partial charge in [-0.2, -0.15) is 0 Å². The molecule has 1 aromatic rings. The van der Waals surface area contributed by atoms with Crippen molar-refractivity contribution in [2.45, 2.75) is 96.8 Å². The Hall–Kier alpha value is -1.70. The van der Waals surface area contributed by atoms with Gasteiger partial charge < -0.3 is 0 Å². The highest BCUT2D eigenvalue weighted by Crippen LogP contribution is 2.35. The average Bonchev–Trinajstić information content (AvgIpc) is 2.81. The third kappa shape index (κ3) is 7.15. The molecular weight excluding hydrogens is 398 g/mol. The van der Waals surface area contributed by atoms with Gasteiger partial charge in [0.05, 0.1) is 0 Å². The van der Waals surface area contributed by atoms with Gasteiger partial charge in [-0.25, -0.2) is 8.78 Å². The minimum Gasteiger partial charge on any atom is -0.203 e. The molecule has 0 amide bonds. The van der Waals surface area contributed by atoms with E-state index in [4.69, 9.17) is 0 Å². The summed E-state index contributed by atoms with van der Waals surface area (Å²) in [5.74, 6) is 0.954. The number of hydrogen-bond acceptors (Lipinski definition) is 0. The van der Waals surface area contributed by atoms with Crippen molar-refractivity contribution in [3.63, 3.8) is 0 Å². The van der Waals surface area contributed by atoms with Crippen LogP contribution in [0.1, 0.15) is 102 Å². The van der Waals surface area contributed by atoms with E-state index in [2.05, 4.69) is 31.7 Å². The second kappa shape index (κ2) is 13.1. The van der Waals surface area contributed by atoms with Gasteiger partial charge >= 0.3 is 0 Å². The Balaban J connectivity index is 1.49. The summed E-state index contributed by atoms with van der Waals surface area (Å²) < 4.78 is 29.6. The first-order valence-corrected chi connectivity index (χ1v) is 13.1. The normalized spacial score (nSPS) is 24.0. The van der Waals surface area contributed by atoms with Gasteiger partial charge in [0.1, 0.15) is 0 Å². The van der Waals surface area contributed by atoms with Crippen LogP contribution >= 0.6 is 0 Å². The maximum atomic E-state index is 14.8. The standard InChI is InChI=1S/C30H42F2/c1-3-5-6-10-25-17-19-26(20-18-25)28-22-21-27(29(31)30(28)32)12-8-7-11-24-15-13-23(9-4-2)14-16-24/h3,7,11,19,21-25H,1,4-6,8-10,12-18,20H2,2H3. The van der Waals surface area contributed by atoms with Gasteiger partial charge in [0.15, 0.2) is 11.6 Å².